The molecule has 1 aliphatic heterocycles. The van der Waals surface area contributed by atoms with Crippen LogP contribution in [-0.2, 0) is 27.3 Å². The van der Waals surface area contributed by atoms with Crippen LogP contribution in [0.2, 0.25) is 10.8 Å². The Morgan fingerprint density at radius 1 is 0.632 bits per heavy atom. The molecule has 0 saturated carbocycles. The zero-order valence-electron chi connectivity index (χ0n) is 25.0. The maximum atomic E-state index is 11.5. The summed E-state index contributed by atoms with van der Waals surface area (Å²) >= 11 is 1.82. The van der Waals surface area contributed by atoms with Gasteiger partial charge in [-0.25, -0.2) is 4.70 Å². The second kappa shape index (κ2) is 18.3. The molecule has 2 aromatic rings. The zero-order chi connectivity index (χ0) is 27.8. The fraction of sp³-hybridized carbons (Fsp3) is 0.543. The van der Waals surface area contributed by atoms with E-state index in [9.17, 15) is 5.53 Å². The minimum atomic E-state index is 0.949. The fourth-order valence-electron chi connectivity index (χ4n) is 5.08. The number of benzene rings is 2. The normalized spacial score (nSPS) is 13.4. The Balaban J connectivity index is 0.000000926. The first-order chi connectivity index (χ1) is 18.5. The standard InChI is InChI=1S/C31H42N2.2C2H5.Ni/c1-5-8-11-15-25-17-13-19-27(22-25)30-24(4)29(21-10-7-3)31(33(30)32)28-20-14-18-26(23-28)16-12-9-6-2;2*1-2;/h13-14,17-20,22-23H,5-12,15-16,21H2,1-4H3;2*1H2,2H3;. The van der Waals surface area contributed by atoms with Gasteiger partial charge in [0.1, 0.15) is 0 Å². The third kappa shape index (κ3) is 9.64. The molecule has 38 heavy (non-hydrogen) atoms. The van der Waals surface area contributed by atoms with Crippen LogP contribution in [0.4, 0.5) is 0 Å². The predicted molar refractivity (Wildman–Crippen MR) is 163 cm³/mol. The van der Waals surface area contributed by atoms with Crippen LogP contribution in [0.5, 0.6) is 0 Å². The molecule has 2 nitrogen and oxygen atoms in total. The van der Waals surface area contributed by atoms with Gasteiger partial charge in [0.2, 0.25) is 11.4 Å². The van der Waals surface area contributed by atoms with Crippen LogP contribution in [0.15, 0.2) is 59.7 Å². The number of nitrogens with zero attached hydrogens (tertiary/aromatic N) is 2. The van der Waals surface area contributed by atoms with Crippen molar-refractivity contribution < 1.29 is 19.1 Å². The molecular weight excluding hydrogens is 507 g/mol. The number of unbranched alkanes of at least 4 members (excludes halogenated alkanes) is 5. The number of allylic oxidation sites excluding steroid dienone is 2. The summed E-state index contributed by atoms with van der Waals surface area (Å²) in [5.41, 5.74) is 20.9. The maximum absolute atomic E-state index is 11.5. The molecule has 0 spiro atoms. The molecule has 1 heterocycles. The van der Waals surface area contributed by atoms with Crippen LogP contribution < -0.4 is 0 Å². The predicted octanol–water partition coefficient (Wildman–Crippen LogP) is 11.5. The first-order valence-corrected chi connectivity index (χ1v) is 16.5. The summed E-state index contributed by atoms with van der Waals surface area (Å²) in [5, 5.41) is 2.56. The summed E-state index contributed by atoms with van der Waals surface area (Å²) in [6, 6.07) is 17.6. The molecule has 0 bridgehead atoms. The Hall–Kier alpha value is -1.99. The van der Waals surface area contributed by atoms with E-state index in [1.54, 1.807) is 0 Å². The van der Waals surface area contributed by atoms with Gasteiger partial charge < -0.3 is 5.53 Å². The second-order valence-electron chi connectivity index (χ2n) is 10.1. The number of aryl methyl sites for hydroxylation is 2. The van der Waals surface area contributed by atoms with Crippen LogP contribution in [0, 0.1) is 0 Å². The monoisotopic (exact) mass is 558 g/mol. The van der Waals surface area contributed by atoms with Crippen molar-refractivity contribution in [3.05, 3.63) is 87.5 Å². The van der Waals surface area contributed by atoms with E-state index in [-0.39, 0.29) is 0 Å². The third-order valence-corrected chi connectivity index (χ3v) is 8.14. The quantitative estimate of drug-likeness (QED) is 0.118. The Morgan fingerprint density at radius 2 is 1.13 bits per heavy atom. The molecule has 2 aromatic carbocycles. The van der Waals surface area contributed by atoms with Gasteiger partial charge in [0, 0.05) is 22.3 Å². The second-order valence-corrected chi connectivity index (χ2v) is 12.0. The topological polar surface area (TPSA) is 25.3 Å². The van der Waals surface area contributed by atoms with Crippen molar-refractivity contribution in [2.45, 2.75) is 123 Å². The summed E-state index contributed by atoms with van der Waals surface area (Å²) in [4.78, 5) is 0. The van der Waals surface area contributed by atoms with Crippen LogP contribution in [-0.4, -0.2) is 4.70 Å². The van der Waals surface area contributed by atoms with Gasteiger partial charge in [-0.1, -0.05) is 77.1 Å². The van der Waals surface area contributed by atoms with Crippen molar-refractivity contribution in [2.75, 3.05) is 0 Å². The summed E-state index contributed by atoms with van der Waals surface area (Å²) in [5.74, 6) is 0. The molecule has 0 aliphatic carbocycles. The molecule has 1 aliphatic rings. The van der Waals surface area contributed by atoms with E-state index in [0.29, 0.717) is 0 Å². The zero-order valence-corrected chi connectivity index (χ0v) is 26.0. The fourth-order valence-corrected chi connectivity index (χ4v) is 5.57. The van der Waals surface area contributed by atoms with E-state index in [4.69, 9.17) is 0 Å². The van der Waals surface area contributed by atoms with E-state index in [2.05, 4.69) is 90.1 Å². The van der Waals surface area contributed by atoms with Crippen LogP contribution >= 0.6 is 0 Å². The van der Waals surface area contributed by atoms with Crippen LogP contribution in [0.3, 0.4) is 0 Å². The molecule has 0 fully saturated rings. The van der Waals surface area contributed by atoms with E-state index >= 15 is 0 Å². The van der Waals surface area contributed by atoms with Gasteiger partial charge >= 0.3 is 39.1 Å². The summed E-state index contributed by atoms with van der Waals surface area (Å²) in [6.07, 6.45) is 12.9. The average Bonchev–Trinajstić information content (AvgIpc) is 3.17. The average molecular weight is 560 g/mol. The SMILES string of the molecule is CCCCCc1cccc(C2=C(C)C(CCCC)=C(c3cccc(CCCCC)c3)[N+]2=[N-])c1.C[CH2][Ni][CH2]C. The van der Waals surface area contributed by atoms with Crippen LogP contribution in [0.1, 0.15) is 122 Å². The number of hydrogen-bond donors (Lipinski definition) is 0. The van der Waals surface area contributed by atoms with Gasteiger partial charge in [0.25, 0.3) is 0 Å². The van der Waals surface area contributed by atoms with Gasteiger partial charge in [-0.05, 0) is 80.8 Å². The molecule has 0 saturated heterocycles. The molecule has 212 valence electrons. The first-order valence-electron chi connectivity index (χ1n) is 15.1. The summed E-state index contributed by atoms with van der Waals surface area (Å²) in [6.45, 7) is 13.3. The van der Waals surface area contributed by atoms with Crippen molar-refractivity contribution in [3.63, 3.8) is 0 Å². The summed E-state index contributed by atoms with van der Waals surface area (Å²) < 4.78 is 1.48. The Labute approximate surface area is 240 Å². The van der Waals surface area contributed by atoms with E-state index in [1.807, 2.05) is 14.4 Å². The first kappa shape index (κ1) is 32.2. The molecule has 0 aromatic heterocycles. The Kier molecular flexibility index (Phi) is 15.5. The third-order valence-electron chi connectivity index (χ3n) is 7.15. The molecule has 3 rings (SSSR count). The Bertz CT molecular complexity index is 1060. The Morgan fingerprint density at radius 3 is 1.58 bits per heavy atom. The van der Waals surface area contributed by atoms with Crippen LogP contribution in [0.25, 0.3) is 16.9 Å². The van der Waals surface area contributed by atoms with Gasteiger partial charge in [-0.15, -0.1) is 0 Å². The molecule has 0 atom stereocenters. The molecule has 0 unspecified atom stereocenters. The van der Waals surface area contributed by atoms with Gasteiger partial charge in [0.15, 0.2) is 0 Å². The molecule has 0 amide bonds. The van der Waals surface area contributed by atoms with Gasteiger partial charge in [0.05, 0.1) is 0 Å². The van der Waals surface area contributed by atoms with E-state index in [0.717, 1.165) is 54.6 Å². The summed E-state index contributed by atoms with van der Waals surface area (Å²) in [7, 11) is 0. The van der Waals surface area contributed by atoms with Crippen molar-refractivity contribution in [1.82, 2.24) is 0 Å². The molecule has 0 N–H and O–H groups in total. The van der Waals surface area contributed by atoms with E-state index in [1.165, 1.54) is 76.3 Å². The van der Waals surface area contributed by atoms with Crippen molar-refractivity contribution in [1.29, 1.82) is 0 Å². The number of rotatable bonds is 15. The molecule has 0 radical (unpaired) electrons. The van der Waals surface area contributed by atoms with Gasteiger partial charge in [-0.3, -0.25) is 0 Å². The molecular formula is C35H52N2Ni. The number of hydrogen-bond acceptors (Lipinski definition) is 0. The minimum absolute atomic E-state index is 0.949. The van der Waals surface area contributed by atoms with Gasteiger partial charge in [-0.2, -0.15) is 0 Å². The van der Waals surface area contributed by atoms with Crippen molar-refractivity contribution >= 4 is 11.4 Å². The molecule has 3 heteroatoms. The van der Waals surface area contributed by atoms with Crippen molar-refractivity contribution in [3.8, 4) is 0 Å². The van der Waals surface area contributed by atoms with E-state index < -0.39 is 0 Å². The van der Waals surface area contributed by atoms with Crippen molar-refractivity contribution in [2.24, 2.45) is 0 Å².